The number of halogens is 1. The smallest absolute Gasteiger partial charge is 0.244 e. The molecule has 0 unspecified atom stereocenters. The molecule has 1 aliphatic rings. The van der Waals surface area contributed by atoms with Crippen molar-refractivity contribution in [3.63, 3.8) is 0 Å². The van der Waals surface area contributed by atoms with Crippen molar-refractivity contribution in [3.05, 3.63) is 53.6 Å². The first kappa shape index (κ1) is 17.6. The first-order valence-corrected chi connectivity index (χ1v) is 10.6. The van der Waals surface area contributed by atoms with Crippen LogP contribution in [0, 0.1) is 0 Å². The van der Waals surface area contributed by atoms with Crippen LogP contribution in [0.25, 0.3) is 22.2 Å². The molecule has 0 N–H and O–H groups in total. The Kier molecular flexibility index (Phi) is 4.55. The minimum atomic E-state index is -3.57. The summed E-state index contributed by atoms with van der Waals surface area (Å²) < 4.78 is 29.8. The number of nitrogens with zero attached hydrogens (tertiary/aromatic N) is 2. The molecular weight excluding hydrogens is 368 g/mol. The monoisotopic (exact) mass is 388 g/mol. The van der Waals surface area contributed by atoms with E-state index in [4.69, 9.17) is 11.6 Å². The summed E-state index contributed by atoms with van der Waals surface area (Å²) in [4.78, 5) is 0.198. The lowest BCUT2D eigenvalue weighted by Crippen LogP contribution is -2.35. The Labute approximate surface area is 159 Å². The van der Waals surface area contributed by atoms with Gasteiger partial charge < -0.3 is 4.57 Å². The summed E-state index contributed by atoms with van der Waals surface area (Å²) in [5, 5.41) is 1.40. The highest BCUT2D eigenvalue weighted by atomic mass is 35.5. The van der Waals surface area contributed by atoms with Crippen LogP contribution in [-0.2, 0) is 17.1 Å². The average molecular weight is 389 g/mol. The second kappa shape index (κ2) is 6.72. The summed E-state index contributed by atoms with van der Waals surface area (Å²) in [7, 11) is -1.58. The minimum absolute atomic E-state index is 0.198. The lowest BCUT2D eigenvalue weighted by molar-refractivity contribution is 0.346. The van der Waals surface area contributed by atoms with Gasteiger partial charge in [0.2, 0.25) is 10.0 Å². The van der Waals surface area contributed by atoms with Crippen molar-refractivity contribution < 1.29 is 8.42 Å². The summed E-state index contributed by atoms with van der Waals surface area (Å²) >= 11 is 6.29. The van der Waals surface area contributed by atoms with Gasteiger partial charge in [0.15, 0.2) is 0 Å². The predicted molar refractivity (Wildman–Crippen MR) is 106 cm³/mol. The highest BCUT2D eigenvalue weighted by Gasteiger charge is 2.28. The first-order chi connectivity index (χ1) is 12.5. The molecule has 0 saturated carbocycles. The average Bonchev–Trinajstić information content (AvgIpc) is 3.00. The number of aryl methyl sites for hydroxylation is 1. The fourth-order valence-electron chi connectivity index (χ4n) is 3.67. The quantitative estimate of drug-likeness (QED) is 0.654. The molecule has 6 heteroatoms. The van der Waals surface area contributed by atoms with Gasteiger partial charge in [-0.1, -0.05) is 42.3 Å². The van der Waals surface area contributed by atoms with E-state index in [1.165, 1.54) is 0 Å². The third kappa shape index (κ3) is 2.94. The molecule has 1 fully saturated rings. The highest BCUT2D eigenvalue weighted by Crippen LogP contribution is 2.33. The Hall–Kier alpha value is -1.82. The van der Waals surface area contributed by atoms with E-state index in [0.29, 0.717) is 13.1 Å². The number of sulfonamides is 1. The van der Waals surface area contributed by atoms with E-state index in [1.807, 2.05) is 25.2 Å². The predicted octanol–water partition coefficient (Wildman–Crippen LogP) is 4.67. The maximum Gasteiger partial charge on any atom is 0.244 e. The summed E-state index contributed by atoms with van der Waals surface area (Å²) in [6.45, 7) is 1.13. The number of hydrogen-bond donors (Lipinski definition) is 0. The van der Waals surface area contributed by atoms with Gasteiger partial charge in [0.05, 0.1) is 5.02 Å². The number of benzene rings is 2. The Morgan fingerprint density at radius 1 is 0.962 bits per heavy atom. The van der Waals surface area contributed by atoms with Gasteiger partial charge in [-0.15, -0.1) is 0 Å². The molecule has 4 nitrogen and oxygen atoms in total. The Balaban J connectivity index is 1.82. The van der Waals surface area contributed by atoms with Gasteiger partial charge in [-0.25, -0.2) is 8.42 Å². The largest absolute Gasteiger partial charge is 0.344 e. The van der Waals surface area contributed by atoms with E-state index in [9.17, 15) is 8.42 Å². The van der Waals surface area contributed by atoms with Crippen LogP contribution in [0.15, 0.2) is 53.4 Å². The second-order valence-corrected chi connectivity index (χ2v) is 9.07. The van der Waals surface area contributed by atoms with Crippen LogP contribution in [0.3, 0.4) is 0 Å². The molecule has 0 spiro atoms. The fraction of sp³-hybridized carbons (Fsp3) is 0.300. The lowest BCUT2D eigenvalue weighted by Gasteiger charge is -2.26. The van der Waals surface area contributed by atoms with Crippen LogP contribution in [0.2, 0.25) is 5.02 Å². The van der Waals surface area contributed by atoms with E-state index >= 15 is 0 Å². The number of aromatic nitrogens is 1. The Morgan fingerprint density at radius 3 is 2.42 bits per heavy atom. The van der Waals surface area contributed by atoms with Gasteiger partial charge in [0.1, 0.15) is 4.90 Å². The van der Waals surface area contributed by atoms with Gasteiger partial charge in [-0.05, 0) is 42.7 Å². The van der Waals surface area contributed by atoms with Crippen LogP contribution in [-0.4, -0.2) is 30.4 Å². The minimum Gasteiger partial charge on any atom is -0.344 e. The SMILES string of the molecule is Cn1c(-c2ccc(Cl)c(S(=O)(=O)N3CCCCC3)c2)cc2ccccc21. The van der Waals surface area contributed by atoms with Gasteiger partial charge >= 0.3 is 0 Å². The first-order valence-electron chi connectivity index (χ1n) is 8.83. The summed E-state index contributed by atoms with van der Waals surface area (Å²) in [5.41, 5.74) is 2.93. The molecule has 3 aromatic rings. The highest BCUT2D eigenvalue weighted by molar-refractivity contribution is 7.89. The molecule has 1 saturated heterocycles. The summed E-state index contributed by atoms with van der Waals surface area (Å²) in [6.07, 6.45) is 2.88. The molecule has 26 heavy (non-hydrogen) atoms. The van der Waals surface area contributed by atoms with Crippen molar-refractivity contribution in [2.75, 3.05) is 13.1 Å². The van der Waals surface area contributed by atoms with Gasteiger partial charge in [0.25, 0.3) is 0 Å². The van der Waals surface area contributed by atoms with Gasteiger partial charge in [-0.2, -0.15) is 4.31 Å². The zero-order chi connectivity index (χ0) is 18.3. The van der Waals surface area contributed by atoms with Crippen molar-refractivity contribution in [1.82, 2.24) is 8.87 Å². The molecule has 4 rings (SSSR count). The number of rotatable bonds is 3. The van der Waals surface area contributed by atoms with Crippen LogP contribution in [0.5, 0.6) is 0 Å². The summed E-state index contributed by atoms with van der Waals surface area (Å²) in [5.74, 6) is 0. The summed E-state index contributed by atoms with van der Waals surface area (Å²) in [6, 6.07) is 15.5. The van der Waals surface area contributed by atoms with Crippen LogP contribution in [0.1, 0.15) is 19.3 Å². The van der Waals surface area contributed by atoms with E-state index < -0.39 is 10.0 Å². The number of piperidine rings is 1. The normalized spacial score (nSPS) is 16.2. The third-order valence-corrected chi connectivity index (χ3v) is 7.49. The molecule has 136 valence electrons. The van der Waals surface area contributed by atoms with Crippen LogP contribution >= 0.6 is 11.6 Å². The van der Waals surface area contributed by atoms with E-state index in [1.54, 1.807) is 16.4 Å². The zero-order valence-electron chi connectivity index (χ0n) is 14.7. The Bertz CT molecular complexity index is 1070. The molecular formula is C20H21ClN2O2S. The van der Waals surface area contributed by atoms with Crippen molar-refractivity contribution in [1.29, 1.82) is 0 Å². The molecule has 2 aromatic carbocycles. The van der Waals surface area contributed by atoms with Gasteiger partial charge in [0, 0.05) is 36.7 Å². The molecule has 2 heterocycles. The molecule has 0 atom stereocenters. The molecule has 1 aliphatic heterocycles. The van der Waals surface area contributed by atoms with Crippen molar-refractivity contribution in [3.8, 4) is 11.3 Å². The third-order valence-electron chi connectivity index (χ3n) is 5.11. The van der Waals surface area contributed by atoms with Gasteiger partial charge in [-0.3, -0.25) is 0 Å². The molecule has 0 radical (unpaired) electrons. The maximum absolute atomic E-state index is 13.1. The standard InChI is InChI=1S/C20H21ClN2O2S/c1-22-18-8-4-3-7-15(18)13-19(22)16-9-10-17(21)20(14-16)26(24,25)23-11-5-2-6-12-23/h3-4,7-10,13-14H,2,5-6,11-12H2,1H3. The van der Waals surface area contributed by atoms with Crippen molar-refractivity contribution in [2.45, 2.75) is 24.2 Å². The van der Waals surface area contributed by atoms with E-state index in [2.05, 4.69) is 22.8 Å². The second-order valence-electron chi connectivity index (χ2n) is 6.76. The topological polar surface area (TPSA) is 42.3 Å². The maximum atomic E-state index is 13.1. The van der Waals surface area contributed by atoms with E-state index in [0.717, 1.165) is 41.4 Å². The van der Waals surface area contributed by atoms with Crippen molar-refractivity contribution in [2.24, 2.45) is 7.05 Å². The molecule has 0 aliphatic carbocycles. The van der Waals surface area contributed by atoms with Crippen LogP contribution in [0.4, 0.5) is 0 Å². The lowest BCUT2D eigenvalue weighted by atomic mass is 10.1. The molecule has 0 amide bonds. The van der Waals surface area contributed by atoms with Crippen molar-refractivity contribution >= 4 is 32.5 Å². The zero-order valence-corrected chi connectivity index (χ0v) is 16.2. The molecule has 1 aromatic heterocycles. The number of para-hydroxylation sites is 1. The van der Waals surface area contributed by atoms with Crippen LogP contribution < -0.4 is 0 Å². The fourth-order valence-corrected chi connectivity index (χ4v) is 5.69. The Morgan fingerprint density at radius 2 is 1.69 bits per heavy atom. The molecule has 0 bridgehead atoms. The number of fused-ring (bicyclic) bond motifs is 1. The van der Waals surface area contributed by atoms with E-state index in [-0.39, 0.29) is 9.92 Å². The number of hydrogen-bond acceptors (Lipinski definition) is 2.